The maximum absolute atomic E-state index is 12.3. The fourth-order valence-corrected chi connectivity index (χ4v) is 5.47. The monoisotopic (exact) mass is 450 g/mol. The molecule has 32 heavy (non-hydrogen) atoms. The van der Waals surface area contributed by atoms with Gasteiger partial charge in [0.05, 0.1) is 11.7 Å². The van der Waals surface area contributed by atoms with Crippen molar-refractivity contribution in [3.05, 3.63) is 22.8 Å². The van der Waals surface area contributed by atoms with Gasteiger partial charge in [-0.05, 0) is 84.5 Å². The Labute approximate surface area is 193 Å². The van der Waals surface area contributed by atoms with E-state index in [-0.39, 0.29) is 0 Å². The van der Waals surface area contributed by atoms with Crippen LogP contribution in [0.1, 0.15) is 80.6 Å². The summed E-state index contributed by atoms with van der Waals surface area (Å²) in [5, 5.41) is 21.5. The topological polar surface area (TPSA) is 85.2 Å². The molecule has 0 radical (unpaired) electrons. The molecule has 2 aliphatic carbocycles. The summed E-state index contributed by atoms with van der Waals surface area (Å²) in [7, 11) is 0. The molecule has 1 heterocycles. The number of rotatable bonds is 5. The number of allylic oxidation sites excluding steroid dienone is 3. The van der Waals surface area contributed by atoms with Crippen LogP contribution in [0.4, 0.5) is 0 Å². The van der Waals surface area contributed by atoms with Gasteiger partial charge in [0.25, 0.3) is 0 Å². The highest BCUT2D eigenvalue weighted by molar-refractivity contribution is 5.87. The molecule has 182 valence electrons. The van der Waals surface area contributed by atoms with Crippen LogP contribution < -0.4 is 0 Å². The first kappa shape index (κ1) is 25.4. The summed E-state index contributed by atoms with van der Waals surface area (Å²) in [5.41, 5.74) is 3.11. The molecule has 1 aliphatic heterocycles. The highest BCUT2D eigenvalue weighted by Gasteiger charge is 2.49. The first-order valence-corrected chi connectivity index (χ1v) is 12.2. The van der Waals surface area contributed by atoms with Crippen LogP contribution in [-0.4, -0.2) is 52.5 Å². The lowest BCUT2D eigenvalue weighted by molar-refractivity contribution is -0.323. The van der Waals surface area contributed by atoms with Crippen LogP contribution in [0.15, 0.2) is 22.8 Å². The molecule has 1 fully saturated rings. The Kier molecular flexibility index (Phi) is 7.91. The molecule has 0 saturated carbocycles. The van der Waals surface area contributed by atoms with Crippen molar-refractivity contribution < 1.29 is 29.2 Å². The van der Waals surface area contributed by atoms with E-state index >= 15 is 0 Å². The lowest BCUT2D eigenvalue weighted by Gasteiger charge is -2.45. The van der Waals surface area contributed by atoms with Crippen molar-refractivity contribution in [1.82, 2.24) is 0 Å². The summed E-state index contributed by atoms with van der Waals surface area (Å²) in [6.45, 7) is 13.9. The van der Waals surface area contributed by atoms with Gasteiger partial charge >= 0.3 is 5.97 Å². The van der Waals surface area contributed by atoms with Crippen molar-refractivity contribution in [3.8, 4) is 0 Å². The molecular formula is C26H42O6. The van der Waals surface area contributed by atoms with Gasteiger partial charge in [0, 0.05) is 5.57 Å². The van der Waals surface area contributed by atoms with E-state index in [1.165, 1.54) is 12.8 Å². The molecule has 3 aliphatic rings. The quantitative estimate of drug-likeness (QED) is 0.369. The Morgan fingerprint density at radius 1 is 1.06 bits per heavy atom. The predicted octanol–water partition coefficient (Wildman–Crippen LogP) is 4.29. The zero-order chi connectivity index (χ0) is 23.8. The zero-order valence-corrected chi connectivity index (χ0v) is 20.8. The third-order valence-corrected chi connectivity index (χ3v) is 8.05. The summed E-state index contributed by atoms with van der Waals surface area (Å²) in [6.07, 6.45) is 2.14. The van der Waals surface area contributed by atoms with E-state index in [1.54, 1.807) is 38.0 Å². The average molecular weight is 451 g/mol. The number of esters is 1. The number of hydrogen-bond donors (Lipinski definition) is 2. The second kappa shape index (κ2) is 9.96. The standard InChI is InChI=1S/C26H42O6/c1-8-14(2)24(29)31-23-21(27)17(5)30-25(22(23)28)32-26(6,7)18-11-9-15(3)19-12-10-16(4)20(19)13-18/h8,15-18,21-23,25,27-28H,9-13H2,1-7H3/b14-8-/t15-,16-,17+,18+,21+,22+,23-,25-/m0/s1. The van der Waals surface area contributed by atoms with Crippen LogP contribution >= 0.6 is 0 Å². The Morgan fingerprint density at radius 3 is 2.38 bits per heavy atom. The molecule has 3 rings (SSSR count). The average Bonchev–Trinajstić information content (AvgIpc) is 3.01. The third kappa shape index (κ3) is 5.14. The summed E-state index contributed by atoms with van der Waals surface area (Å²) < 4.78 is 17.7. The Bertz CT molecular complexity index is 753. The lowest BCUT2D eigenvalue weighted by Crippen LogP contribution is -2.60. The van der Waals surface area contributed by atoms with E-state index in [1.807, 2.05) is 0 Å². The minimum atomic E-state index is -1.28. The SMILES string of the molecule is C/C=C(/C)C(=O)O[C@@H]1[C@@H](O)[C@H](OC(C)(C)[C@@H]2CC[C@H](C)C3=C(C2)[C@@H](C)CC3)O[C@H](C)[C@H]1O. The van der Waals surface area contributed by atoms with Crippen molar-refractivity contribution in [2.45, 2.75) is 117 Å². The minimum Gasteiger partial charge on any atom is -0.453 e. The number of hydrogen-bond acceptors (Lipinski definition) is 6. The van der Waals surface area contributed by atoms with Crippen LogP contribution in [0.5, 0.6) is 0 Å². The highest BCUT2D eigenvalue weighted by atomic mass is 16.7. The second-order valence-electron chi connectivity index (χ2n) is 10.6. The molecule has 0 aromatic rings. The molecule has 0 spiro atoms. The van der Waals surface area contributed by atoms with Crippen LogP contribution in [0.2, 0.25) is 0 Å². The Balaban J connectivity index is 1.75. The molecule has 0 amide bonds. The van der Waals surface area contributed by atoms with Gasteiger partial charge in [0.15, 0.2) is 12.4 Å². The van der Waals surface area contributed by atoms with E-state index in [0.29, 0.717) is 23.3 Å². The molecule has 0 bridgehead atoms. The Hall–Kier alpha value is -1.21. The van der Waals surface area contributed by atoms with Crippen LogP contribution in [0.25, 0.3) is 0 Å². The Morgan fingerprint density at radius 2 is 1.72 bits per heavy atom. The number of carbonyl (C=O) groups is 1. The lowest BCUT2D eigenvalue weighted by atomic mass is 9.81. The molecule has 2 N–H and O–H groups in total. The largest absolute Gasteiger partial charge is 0.453 e. The zero-order valence-electron chi connectivity index (χ0n) is 20.8. The van der Waals surface area contributed by atoms with E-state index < -0.39 is 42.3 Å². The van der Waals surface area contributed by atoms with Crippen molar-refractivity contribution in [2.75, 3.05) is 0 Å². The minimum absolute atomic E-state index is 0.294. The van der Waals surface area contributed by atoms with Gasteiger partial charge in [-0.3, -0.25) is 0 Å². The van der Waals surface area contributed by atoms with Gasteiger partial charge in [-0.25, -0.2) is 4.79 Å². The fourth-order valence-electron chi connectivity index (χ4n) is 5.47. The molecule has 0 unspecified atom stereocenters. The summed E-state index contributed by atoms with van der Waals surface area (Å²) in [4.78, 5) is 12.3. The van der Waals surface area contributed by atoms with E-state index in [2.05, 4.69) is 27.7 Å². The van der Waals surface area contributed by atoms with Gasteiger partial charge in [-0.1, -0.05) is 31.1 Å². The summed E-state index contributed by atoms with van der Waals surface area (Å²) >= 11 is 0. The summed E-state index contributed by atoms with van der Waals surface area (Å²) in [6, 6.07) is 0. The predicted molar refractivity (Wildman–Crippen MR) is 123 cm³/mol. The van der Waals surface area contributed by atoms with Crippen LogP contribution in [0.3, 0.4) is 0 Å². The number of aliphatic hydroxyl groups excluding tert-OH is 2. The van der Waals surface area contributed by atoms with Gasteiger partial charge < -0.3 is 24.4 Å². The first-order valence-electron chi connectivity index (χ1n) is 12.2. The summed E-state index contributed by atoms with van der Waals surface area (Å²) in [5.74, 6) is 0.965. The van der Waals surface area contributed by atoms with E-state index in [4.69, 9.17) is 14.2 Å². The van der Waals surface area contributed by atoms with Gasteiger partial charge in [0.2, 0.25) is 0 Å². The normalized spacial score (nSPS) is 39.0. The van der Waals surface area contributed by atoms with E-state index in [0.717, 1.165) is 19.3 Å². The molecule has 0 aromatic heterocycles. The van der Waals surface area contributed by atoms with Gasteiger partial charge in [0.1, 0.15) is 12.2 Å². The number of ether oxygens (including phenoxy) is 3. The molecule has 8 atom stereocenters. The number of aliphatic hydroxyl groups is 2. The van der Waals surface area contributed by atoms with Gasteiger partial charge in [-0.2, -0.15) is 0 Å². The van der Waals surface area contributed by atoms with Crippen molar-refractivity contribution >= 4 is 5.97 Å². The van der Waals surface area contributed by atoms with Crippen LogP contribution in [0, 0.1) is 17.8 Å². The second-order valence-corrected chi connectivity index (χ2v) is 10.6. The van der Waals surface area contributed by atoms with Crippen LogP contribution in [-0.2, 0) is 19.0 Å². The van der Waals surface area contributed by atoms with Crippen molar-refractivity contribution in [1.29, 1.82) is 0 Å². The van der Waals surface area contributed by atoms with E-state index in [9.17, 15) is 15.0 Å². The molecule has 1 saturated heterocycles. The van der Waals surface area contributed by atoms with Gasteiger partial charge in [-0.15, -0.1) is 0 Å². The highest BCUT2D eigenvalue weighted by Crippen LogP contribution is 2.47. The molecular weight excluding hydrogens is 408 g/mol. The molecule has 6 nitrogen and oxygen atoms in total. The first-order chi connectivity index (χ1) is 15.0. The van der Waals surface area contributed by atoms with Crippen molar-refractivity contribution in [3.63, 3.8) is 0 Å². The molecule has 6 heteroatoms. The van der Waals surface area contributed by atoms with Crippen molar-refractivity contribution in [2.24, 2.45) is 17.8 Å². The molecule has 0 aromatic carbocycles. The smallest absolute Gasteiger partial charge is 0.333 e. The third-order valence-electron chi connectivity index (χ3n) is 8.05. The number of carbonyl (C=O) groups excluding carboxylic acids is 1. The fraction of sp³-hybridized carbons (Fsp3) is 0.808. The maximum atomic E-state index is 12.3. The maximum Gasteiger partial charge on any atom is 0.333 e.